The predicted molar refractivity (Wildman–Crippen MR) is 156 cm³/mol. The maximum Gasteiger partial charge on any atom is 0.314 e. The molecule has 6 rings (SSSR count). The summed E-state index contributed by atoms with van der Waals surface area (Å²) in [6, 6.07) is 10.1. The molecule has 42 heavy (non-hydrogen) atoms. The molecule has 218 valence electrons. The van der Waals surface area contributed by atoms with Gasteiger partial charge in [0.25, 0.3) is 5.91 Å². The lowest BCUT2D eigenvalue weighted by Crippen LogP contribution is -2.44. The maximum atomic E-state index is 13.5. The van der Waals surface area contributed by atoms with E-state index < -0.39 is 5.95 Å². The molecule has 2 fully saturated rings. The lowest BCUT2D eigenvalue weighted by Gasteiger charge is -2.31. The first-order valence-electron chi connectivity index (χ1n) is 13.9. The van der Waals surface area contributed by atoms with Gasteiger partial charge in [0.15, 0.2) is 5.13 Å². The summed E-state index contributed by atoms with van der Waals surface area (Å²) in [4.78, 5) is 41.3. The fraction of sp³-hybridized carbons (Fsp3) is 0.345. The minimum Gasteiger partial charge on any atom is -0.489 e. The summed E-state index contributed by atoms with van der Waals surface area (Å²) in [6.07, 6.45) is 8.37. The summed E-state index contributed by atoms with van der Waals surface area (Å²) in [7, 11) is 0. The van der Waals surface area contributed by atoms with Gasteiger partial charge in [0, 0.05) is 56.8 Å². The van der Waals surface area contributed by atoms with Gasteiger partial charge in [-0.1, -0.05) is 0 Å². The van der Waals surface area contributed by atoms with Crippen LogP contribution in [0.5, 0.6) is 5.75 Å². The zero-order valence-corrected chi connectivity index (χ0v) is 23.7. The van der Waals surface area contributed by atoms with E-state index >= 15 is 0 Å². The molecule has 0 unspecified atom stereocenters. The van der Waals surface area contributed by atoms with Crippen LogP contribution < -0.4 is 20.7 Å². The molecule has 0 radical (unpaired) electrons. The molecular weight excluding hydrogens is 559 g/mol. The zero-order valence-electron chi connectivity index (χ0n) is 22.9. The molecule has 3 amide bonds. The predicted octanol–water partition coefficient (Wildman–Crippen LogP) is 4.44. The van der Waals surface area contributed by atoms with Crippen molar-refractivity contribution in [1.82, 2.24) is 24.4 Å². The van der Waals surface area contributed by atoms with E-state index in [2.05, 4.69) is 20.2 Å². The molecule has 0 bridgehead atoms. The number of amides is 3. The Labute approximate surface area is 246 Å². The molecule has 0 spiro atoms. The molecule has 11 nitrogen and oxygen atoms in total. The lowest BCUT2D eigenvalue weighted by atomic mass is 10.1. The zero-order chi connectivity index (χ0) is 29.1. The number of urea groups is 1. The van der Waals surface area contributed by atoms with Gasteiger partial charge in [0.05, 0.1) is 17.9 Å². The van der Waals surface area contributed by atoms with E-state index in [9.17, 15) is 14.0 Å². The number of thiazole rings is 1. The van der Waals surface area contributed by atoms with Gasteiger partial charge < -0.3 is 24.8 Å². The number of anilines is 2. The topological polar surface area (TPSA) is 132 Å². The SMILES string of the molecule is NC(=O)N1CCC(Oc2ccc(N3CCC[C@@H]3c3csc(NC(=O)c4cccn4Cc4ccnc(F)c4)n3)nc2)CC1. The lowest BCUT2D eigenvalue weighted by molar-refractivity contribution is 0.101. The van der Waals surface area contributed by atoms with Crippen molar-refractivity contribution >= 4 is 34.2 Å². The molecule has 1 atom stereocenters. The molecule has 2 aliphatic rings. The second-order valence-corrected chi connectivity index (χ2v) is 11.2. The van der Waals surface area contributed by atoms with Crippen LogP contribution in [0.25, 0.3) is 0 Å². The smallest absolute Gasteiger partial charge is 0.314 e. The van der Waals surface area contributed by atoms with Crippen LogP contribution in [0.3, 0.4) is 0 Å². The van der Waals surface area contributed by atoms with Crippen LogP contribution in [0, 0.1) is 5.95 Å². The number of carbonyl (C=O) groups excluding carboxylic acids is 2. The molecule has 4 aromatic rings. The fourth-order valence-electron chi connectivity index (χ4n) is 5.50. The standard InChI is InChI=1S/C29H31FN8O3S/c30-25-15-19(7-10-32-25)17-37-11-1-4-24(37)27(39)35-29-34-22(18-42-29)23-3-2-12-38(23)26-6-5-21(16-33-26)41-20-8-13-36(14-9-20)28(31)40/h1,4-7,10-11,15-16,18,20,23H,2-3,8-9,12-14,17H2,(H2,31,40)(H,34,35,39)/t23-/m1/s1. The third-order valence-corrected chi connectivity index (χ3v) is 8.39. The molecule has 2 saturated heterocycles. The van der Waals surface area contributed by atoms with Crippen LogP contribution in [0.2, 0.25) is 0 Å². The summed E-state index contributed by atoms with van der Waals surface area (Å²) in [6.45, 7) is 2.39. The van der Waals surface area contributed by atoms with Crippen molar-refractivity contribution in [2.24, 2.45) is 5.73 Å². The monoisotopic (exact) mass is 590 g/mol. The number of carbonyl (C=O) groups is 2. The van der Waals surface area contributed by atoms with Gasteiger partial charge in [0.1, 0.15) is 23.4 Å². The Morgan fingerprint density at radius 3 is 2.74 bits per heavy atom. The van der Waals surface area contributed by atoms with E-state index in [1.165, 1.54) is 23.6 Å². The number of primary amides is 1. The van der Waals surface area contributed by atoms with Gasteiger partial charge in [0.2, 0.25) is 5.95 Å². The average molecular weight is 591 g/mol. The van der Waals surface area contributed by atoms with Crippen molar-refractivity contribution in [3.8, 4) is 5.75 Å². The van der Waals surface area contributed by atoms with Gasteiger partial charge in [-0.2, -0.15) is 4.39 Å². The molecular formula is C29H31FN8O3S. The molecule has 0 saturated carbocycles. The summed E-state index contributed by atoms with van der Waals surface area (Å²) in [5, 5.41) is 5.41. The summed E-state index contributed by atoms with van der Waals surface area (Å²) < 4.78 is 21.4. The van der Waals surface area contributed by atoms with Gasteiger partial charge >= 0.3 is 6.03 Å². The Hall–Kier alpha value is -4.52. The maximum absolute atomic E-state index is 13.5. The molecule has 4 aromatic heterocycles. The van der Waals surface area contributed by atoms with Gasteiger partial charge in [-0.25, -0.2) is 19.7 Å². The number of halogens is 1. The Bertz CT molecular complexity index is 1550. The van der Waals surface area contributed by atoms with E-state index in [4.69, 9.17) is 15.5 Å². The molecule has 13 heteroatoms. The molecule has 2 aliphatic heterocycles. The summed E-state index contributed by atoms with van der Waals surface area (Å²) in [5.74, 6) is 0.707. The second-order valence-electron chi connectivity index (χ2n) is 10.4. The number of piperidine rings is 1. The first-order chi connectivity index (χ1) is 20.4. The number of rotatable bonds is 8. The Morgan fingerprint density at radius 1 is 1.12 bits per heavy atom. The first kappa shape index (κ1) is 27.6. The van der Waals surface area contributed by atoms with Gasteiger partial charge in [-0.15, -0.1) is 11.3 Å². The van der Waals surface area contributed by atoms with Gasteiger partial charge in [-0.05, 0) is 54.8 Å². The highest BCUT2D eigenvalue weighted by Gasteiger charge is 2.30. The van der Waals surface area contributed by atoms with Crippen molar-refractivity contribution in [1.29, 1.82) is 0 Å². The fourth-order valence-corrected chi connectivity index (χ4v) is 6.25. The number of pyridine rings is 2. The number of nitrogens with one attached hydrogen (secondary N) is 1. The van der Waals surface area contributed by atoms with E-state index in [1.54, 1.807) is 40.1 Å². The highest BCUT2D eigenvalue weighted by atomic mass is 32.1. The third kappa shape index (κ3) is 6.20. The first-order valence-corrected chi connectivity index (χ1v) is 14.8. The minimum atomic E-state index is -0.555. The number of likely N-dealkylation sites (tertiary alicyclic amines) is 1. The van der Waals surface area contributed by atoms with Crippen LogP contribution in [0.15, 0.2) is 60.4 Å². The van der Waals surface area contributed by atoms with Crippen LogP contribution in [-0.4, -0.2) is 62.1 Å². The molecule has 3 N–H and O–H groups in total. The van der Waals surface area contributed by atoms with Crippen LogP contribution in [-0.2, 0) is 6.54 Å². The van der Waals surface area contributed by atoms with Crippen molar-refractivity contribution in [3.63, 3.8) is 0 Å². The van der Waals surface area contributed by atoms with E-state index in [1.807, 2.05) is 17.5 Å². The van der Waals surface area contributed by atoms with Crippen LogP contribution >= 0.6 is 11.3 Å². The highest BCUT2D eigenvalue weighted by molar-refractivity contribution is 7.14. The number of nitrogens with two attached hydrogens (primary N) is 1. The van der Waals surface area contributed by atoms with Crippen molar-refractivity contribution in [3.05, 3.63) is 83.3 Å². The van der Waals surface area contributed by atoms with E-state index in [-0.39, 0.29) is 24.1 Å². The Kier molecular flexibility index (Phi) is 8.00. The molecule has 0 aliphatic carbocycles. The highest BCUT2D eigenvalue weighted by Crippen LogP contribution is 2.37. The normalized spacial score (nSPS) is 17.4. The average Bonchev–Trinajstić information content (AvgIpc) is 3.75. The van der Waals surface area contributed by atoms with Crippen LogP contribution in [0.4, 0.5) is 20.1 Å². The summed E-state index contributed by atoms with van der Waals surface area (Å²) >= 11 is 1.39. The molecule has 0 aromatic carbocycles. The summed E-state index contributed by atoms with van der Waals surface area (Å²) in [5.41, 5.74) is 7.42. The number of hydrogen-bond donors (Lipinski definition) is 2. The Morgan fingerprint density at radius 2 is 1.98 bits per heavy atom. The van der Waals surface area contributed by atoms with Crippen molar-refractivity contribution in [2.75, 3.05) is 29.9 Å². The minimum absolute atomic E-state index is 0.0258. The number of nitrogens with zero attached hydrogens (tertiary/aromatic N) is 6. The second kappa shape index (κ2) is 12.1. The van der Waals surface area contributed by atoms with Gasteiger partial charge in [-0.3, -0.25) is 10.1 Å². The van der Waals surface area contributed by atoms with Crippen molar-refractivity contribution in [2.45, 2.75) is 44.4 Å². The van der Waals surface area contributed by atoms with Crippen molar-refractivity contribution < 1.29 is 18.7 Å². The van der Waals surface area contributed by atoms with E-state index in [0.717, 1.165) is 43.7 Å². The largest absolute Gasteiger partial charge is 0.489 e. The molecule has 6 heterocycles. The number of hydrogen-bond acceptors (Lipinski definition) is 8. The number of ether oxygens (including phenoxy) is 1. The quantitative estimate of drug-likeness (QED) is 0.290. The van der Waals surface area contributed by atoms with Crippen LogP contribution in [0.1, 0.15) is 53.5 Å². The number of aromatic nitrogens is 4. The Balaban J connectivity index is 1.07. The third-order valence-electron chi connectivity index (χ3n) is 7.61. The van der Waals surface area contributed by atoms with E-state index in [0.29, 0.717) is 41.8 Å².